The molecule has 0 unspecified atom stereocenters. The first kappa shape index (κ1) is 21.8. The summed E-state index contributed by atoms with van der Waals surface area (Å²) in [4.78, 5) is 0. The molecule has 1 rings (SSSR count). The van der Waals surface area contributed by atoms with Gasteiger partial charge in [-0.25, -0.2) is 0 Å². The number of hydrogen-bond acceptors (Lipinski definition) is 3. The van der Waals surface area contributed by atoms with Gasteiger partial charge in [-0.2, -0.15) is 0 Å². The molecule has 0 radical (unpaired) electrons. The maximum atomic E-state index is 6.16. The molecule has 1 aromatic carbocycles. The first-order valence-corrected chi connectivity index (χ1v) is 12.5. The quantitative estimate of drug-likeness (QED) is 0.243. The maximum Gasteiger partial charge on any atom is 0.501 e. The molecule has 1 aromatic rings. The summed E-state index contributed by atoms with van der Waals surface area (Å²) in [7, 11) is -2.58. The highest BCUT2D eigenvalue weighted by Gasteiger charge is 2.40. The minimum Gasteiger partial charge on any atom is -0.373 e. The van der Waals surface area contributed by atoms with E-state index in [9.17, 15) is 0 Å². The van der Waals surface area contributed by atoms with Crippen LogP contribution in [0.5, 0.6) is 0 Å². The standard InChI is InChI=1S/C17H28I2O3Si/c1-4-10-20-23(21-11-5-2,22-12-6-3)13-9-15-7-8-16(18)14-17(15)19/h7-8,14H,4-6,9-13H2,1-3H3. The second-order valence-electron chi connectivity index (χ2n) is 5.46. The summed E-state index contributed by atoms with van der Waals surface area (Å²) in [5, 5.41) is 0. The summed E-state index contributed by atoms with van der Waals surface area (Å²) in [6, 6.07) is 7.44. The first-order valence-electron chi connectivity index (χ1n) is 8.42. The second kappa shape index (κ2) is 12.2. The van der Waals surface area contributed by atoms with Gasteiger partial charge in [-0.3, -0.25) is 0 Å². The Morgan fingerprint density at radius 1 is 0.870 bits per heavy atom. The van der Waals surface area contributed by atoms with Crippen LogP contribution >= 0.6 is 45.2 Å². The average molecular weight is 562 g/mol. The molecule has 0 aliphatic carbocycles. The molecule has 0 N–H and O–H groups in total. The van der Waals surface area contributed by atoms with Crippen LogP contribution in [0, 0.1) is 7.14 Å². The molecule has 0 bridgehead atoms. The van der Waals surface area contributed by atoms with Crippen molar-refractivity contribution < 1.29 is 13.3 Å². The highest BCUT2D eigenvalue weighted by Crippen LogP contribution is 2.24. The lowest BCUT2D eigenvalue weighted by Crippen LogP contribution is -2.47. The summed E-state index contributed by atoms with van der Waals surface area (Å²) < 4.78 is 21.1. The lowest BCUT2D eigenvalue weighted by atomic mass is 10.2. The van der Waals surface area contributed by atoms with Crippen LogP contribution in [0.1, 0.15) is 45.6 Å². The van der Waals surface area contributed by atoms with Gasteiger partial charge in [-0.1, -0.05) is 26.8 Å². The molecule has 0 saturated carbocycles. The zero-order valence-corrected chi connectivity index (χ0v) is 19.7. The van der Waals surface area contributed by atoms with E-state index < -0.39 is 8.80 Å². The fourth-order valence-electron chi connectivity index (χ4n) is 2.13. The Morgan fingerprint density at radius 2 is 1.39 bits per heavy atom. The number of halogens is 2. The molecule has 3 nitrogen and oxygen atoms in total. The molecule has 6 heteroatoms. The van der Waals surface area contributed by atoms with Gasteiger partial charge in [0, 0.05) is 33.0 Å². The van der Waals surface area contributed by atoms with E-state index >= 15 is 0 Å². The molecule has 0 saturated heterocycles. The average Bonchev–Trinajstić information content (AvgIpc) is 2.55. The lowest BCUT2D eigenvalue weighted by molar-refractivity contribution is 0.0593. The van der Waals surface area contributed by atoms with Gasteiger partial charge in [-0.05, 0) is 88.6 Å². The number of aryl methyl sites for hydroxylation is 1. The molecule has 23 heavy (non-hydrogen) atoms. The Bertz CT molecular complexity index is 436. The smallest absolute Gasteiger partial charge is 0.373 e. The predicted octanol–water partition coefficient (Wildman–Crippen LogP) is 5.66. The molecule has 0 spiro atoms. The fourth-order valence-corrected chi connectivity index (χ4v) is 6.80. The predicted molar refractivity (Wildman–Crippen MR) is 115 cm³/mol. The molecule has 0 aliphatic heterocycles. The zero-order valence-electron chi connectivity index (χ0n) is 14.4. The van der Waals surface area contributed by atoms with Crippen LogP contribution < -0.4 is 0 Å². The van der Waals surface area contributed by atoms with E-state index in [-0.39, 0.29) is 0 Å². The van der Waals surface area contributed by atoms with Gasteiger partial charge in [0.25, 0.3) is 0 Å². The van der Waals surface area contributed by atoms with Crippen molar-refractivity contribution in [3.8, 4) is 0 Å². The molecule has 0 heterocycles. The van der Waals surface area contributed by atoms with E-state index in [0.717, 1.165) is 31.7 Å². The van der Waals surface area contributed by atoms with Crippen molar-refractivity contribution in [3.63, 3.8) is 0 Å². The van der Waals surface area contributed by atoms with Crippen molar-refractivity contribution in [2.45, 2.75) is 52.5 Å². The van der Waals surface area contributed by atoms with E-state index in [0.29, 0.717) is 19.8 Å². The zero-order chi connectivity index (χ0) is 17.1. The van der Waals surface area contributed by atoms with Crippen LogP contribution in [0.4, 0.5) is 0 Å². The van der Waals surface area contributed by atoms with E-state index in [1.54, 1.807) is 0 Å². The number of benzene rings is 1. The van der Waals surface area contributed by atoms with Gasteiger partial charge in [0.05, 0.1) is 0 Å². The van der Waals surface area contributed by atoms with Gasteiger partial charge in [0.2, 0.25) is 0 Å². The number of hydrogen-bond donors (Lipinski definition) is 0. The summed E-state index contributed by atoms with van der Waals surface area (Å²) >= 11 is 4.76. The number of rotatable bonds is 12. The van der Waals surface area contributed by atoms with Gasteiger partial charge in [-0.15, -0.1) is 0 Å². The summed E-state index contributed by atoms with van der Waals surface area (Å²) in [5.74, 6) is 0. The maximum absolute atomic E-state index is 6.16. The Balaban J connectivity index is 2.82. The summed E-state index contributed by atoms with van der Waals surface area (Å²) in [6.45, 7) is 8.51. The third-order valence-electron chi connectivity index (χ3n) is 3.29. The first-order chi connectivity index (χ1) is 11.1. The Labute approximate surface area is 169 Å². The normalized spacial score (nSPS) is 11.9. The monoisotopic (exact) mass is 562 g/mol. The van der Waals surface area contributed by atoms with Crippen LogP contribution in [0.2, 0.25) is 6.04 Å². The molecule has 0 aromatic heterocycles. The van der Waals surface area contributed by atoms with Crippen LogP contribution in [-0.4, -0.2) is 28.6 Å². The molecular formula is C17H28I2O3Si. The van der Waals surface area contributed by atoms with E-state index in [2.05, 4.69) is 84.2 Å². The lowest BCUT2D eigenvalue weighted by Gasteiger charge is -2.29. The van der Waals surface area contributed by atoms with E-state index in [1.807, 2.05) is 0 Å². The highest BCUT2D eigenvalue weighted by atomic mass is 127. The van der Waals surface area contributed by atoms with Crippen LogP contribution in [0.15, 0.2) is 18.2 Å². The second-order valence-corrected chi connectivity index (χ2v) is 10.6. The topological polar surface area (TPSA) is 27.7 Å². The van der Waals surface area contributed by atoms with Crippen LogP contribution in [0.3, 0.4) is 0 Å². The van der Waals surface area contributed by atoms with E-state index in [1.165, 1.54) is 12.7 Å². The minimum absolute atomic E-state index is 0.712. The third kappa shape index (κ3) is 8.13. The molecule has 0 aliphatic rings. The van der Waals surface area contributed by atoms with Crippen molar-refractivity contribution >= 4 is 54.0 Å². The van der Waals surface area contributed by atoms with Crippen molar-refractivity contribution in [3.05, 3.63) is 30.9 Å². The van der Waals surface area contributed by atoms with Crippen molar-refractivity contribution in [1.82, 2.24) is 0 Å². The van der Waals surface area contributed by atoms with Gasteiger partial charge in [0.15, 0.2) is 0 Å². The fraction of sp³-hybridized carbons (Fsp3) is 0.647. The highest BCUT2D eigenvalue weighted by molar-refractivity contribution is 14.1. The molecule has 132 valence electrons. The van der Waals surface area contributed by atoms with Crippen LogP contribution in [-0.2, 0) is 19.7 Å². The summed E-state index contributed by atoms with van der Waals surface area (Å²) in [6.07, 6.45) is 3.90. The van der Waals surface area contributed by atoms with Crippen LogP contribution in [0.25, 0.3) is 0 Å². The third-order valence-corrected chi connectivity index (χ3v) is 7.76. The largest absolute Gasteiger partial charge is 0.501 e. The van der Waals surface area contributed by atoms with Gasteiger partial charge in [0.1, 0.15) is 0 Å². The van der Waals surface area contributed by atoms with Gasteiger partial charge < -0.3 is 13.3 Å². The van der Waals surface area contributed by atoms with Crippen molar-refractivity contribution in [2.75, 3.05) is 19.8 Å². The Hall–Kier alpha value is 0.777. The molecule has 0 fully saturated rings. The molecule has 0 atom stereocenters. The Morgan fingerprint density at radius 3 is 1.83 bits per heavy atom. The molecular weight excluding hydrogens is 534 g/mol. The minimum atomic E-state index is -2.58. The SMILES string of the molecule is CCCO[Si](CCc1ccc(I)cc1I)(OCCC)OCCC. The summed E-state index contributed by atoms with van der Waals surface area (Å²) in [5.41, 5.74) is 1.35. The van der Waals surface area contributed by atoms with Crippen molar-refractivity contribution in [1.29, 1.82) is 0 Å². The van der Waals surface area contributed by atoms with Crippen molar-refractivity contribution in [2.24, 2.45) is 0 Å². The van der Waals surface area contributed by atoms with Gasteiger partial charge >= 0.3 is 8.80 Å². The van der Waals surface area contributed by atoms with E-state index in [4.69, 9.17) is 13.3 Å². The molecule has 0 amide bonds. The Kier molecular flexibility index (Phi) is 11.6.